The van der Waals surface area contributed by atoms with E-state index in [1.807, 2.05) is 0 Å². The number of phenolic OH excluding ortho intramolecular Hbond substituents is 2. The molecule has 0 spiro atoms. The first-order valence-electron chi connectivity index (χ1n) is 3.41. The van der Waals surface area contributed by atoms with Gasteiger partial charge in [-0.05, 0) is 18.2 Å². The van der Waals surface area contributed by atoms with Crippen molar-refractivity contribution in [1.82, 2.24) is 0 Å². The van der Waals surface area contributed by atoms with E-state index in [-0.39, 0.29) is 17.1 Å². The maximum atomic E-state index is 11.9. The highest BCUT2D eigenvalue weighted by Crippen LogP contribution is 2.27. The first-order valence-corrected chi connectivity index (χ1v) is 3.41. The molecule has 0 aliphatic rings. The molecule has 12 heavy (non-hydrogen) atoms. The zero-order valence-electron chi connectivity index (χ0n) is 6.24. The van der Waals surface area contributed by atoms with Gasteiger partial charge in [0.1, 0.15) is 24.3 Å². The fourth-order valence-electron chi connectivity index (χ4n) is 0.892. The number of phenols is 2. The predicted molar refractivity (Wildman–Crippen MR) is 40.7 cm³/mol. The Labute approximate surface area is 68.7 Å². The first-order chi connectivity index (χ1) is 5.65. The summed E-state index contributed by atoms with van der Waals surface area (Å²) in [5.41, 5.74) is -0.00231. The van der Waals surface area contributed by atoms with E-state index in [1.165, 1.54) is 12.1 Å². The van der Waals surface area contributed by atoms with Crippen LogP contribution in [0.5, 0.6) is 11.5 Å². The molecule has 1 rings (SSSR count). The van der Waals surface area contributed by atoms with Crippen molar-refractivity contribution < 1.29 is 19.7 Å². The predicted octanol–water partition coefficient (Wildman–Crippen LogP) is 1.10. The maximum Gasteiger partial charge on any atom is 0.121 e. The van der Waals surface area contributed by atoms with Crippen LogP contribution in [0.15, 0.2) is 18.2 Å². The molecule has 0 bridgehead atoms. The van der Waals surface area contributed by atoms with E-state index in [4.69, 9.17) is 15.3 Å². The molecule has 1 unspecified atom stereocenters. The molecule has 1 aromatic carbocycles. The van der Waals surface area contributed by atoms with Crippen molar-refractivity contribution in [2.24, 2.45) is 0 Å². The second kappa shape index (κ2) is 3.40. The molecule has 0 saturated heterocycles. The van der Waals surface area contributed by atoms with Crippen molar-refractivity contribution in [2.45, 2.75) is 6.10 Å². The van der Waals surface area contributed by atoms with Gasteiger partial charge in [0.15, 0.2) is 0 Å². The van der Waals surface area contributed by atoms with Crippen LogP contribution in [-0.2, 0) is 0 Å². The van der Waals surface area contributed by atoms with Crippen LogP contribution in [0.1, 0.15) is 11.7 Å². The summed E-state index contributed by atoms with van der Waals surface area (Å²) in [5, 5.41) is 27.0. The molecule has 0 fully saturated rings. The Hall–Kier alpha value is -1.29. The van der Waals surface area contributed by atoms with Gasteiger partial charge in [-0.15, -0.1) is 0 Å². The highest BCUT2D eigenvalue weighted by molar-refractivity contribution is 5.39. The molecule has 1 aromatic rings. The van der Waals surface area contributed by atoms with Crippen molar-refractivity contribution in [3.63, 3.8) is 0 Å². The number of alkyl halides is 1. The lowest BCUT2D eigenvalue weighted by atomic mass is 10.1. The normalized spacial score (nSPS) is 12.8. The minimum Gasteiger partial charge on any atom is -0.508 e. The fraction of sp³-hybridized carbons (Fsp3) is 0.250. The molecule has 0 amide bonds. The number of aromatic hydroxyl groups is 2. The minimum atomic E-state index is -1.38. The smallest absolute Gasteiger partial charge is 0.121 e. The maximum absolute atomic E-state index is 11.9. The van der Waals surface area contributed by atoms with E-state index in [2.05, 4.69) is 0 Å². The van der Waals surface area contributed by atoms with Gasteiger partial charge in [-0.2, -0.15) is 0 Å². The van der Waals surface area contributed by atoms with Gasteiger partial charge in [0, 0.05) is 5.56 Å². The summed E-state index contributed by atoms with van der Waals surface area (Å²) in [7, 11) is 0. The van der Waals surface area contributed by atoms with Gasteiger partial charge in [-0.3, -0.25) is 0 Å². The van der Waals surface area contributed by atoms with Crippen LogP contribution in [0.25, 0.3) is 0 Å². The van der Waals surface area contributed by atoms with E-state index < -0.39 is 12.8 Å². The van der Waals surface area contributed by atoms with Crippen LogP contribution in [0.2, 0.25) is 0 Å². The van der Waals surface area contributed by atoms with Gasteiger partial charge in [0.25, 0.3) is 0 Å². The molecule has 66 valence electrons. The van der Waals surface area contributed by atoms with E-state index >= 15 is 0 Å². The summed E-state index contributed by atoms with van der Waals surface area (Å²) in [6, 6.07) is 3.58. The van der Waals surface area contributed by atoms with Crippen LogP contribution in [0.4, 0.5) is 4.39 Å². The number of aliphatic hydroxyl groups is 1. The summed E-state index contributed by atoms with van der Waals surface area (Å²) in [5.74, 6) is -0.340. The molecule has 0 aliphatic carbocycles. The zero-order valence-corrected chi connectivity index (χ0v) is 6.24. The molecule has 3 N–H and O–H groups in total. The lowest BCUT2D eigenvalue weighted by molar-refractivity contribution is 0.138. The Morgan fingerprint density at radius 3 is 2.58 bits per heavy atom. The van der Waals surface area contributed by atoms with Gasteiger partial charge in [-0.1, -0.05) is 0 Å². The van der Waals surface area contributed by atoms with Crippen LogP contribution >= 0.6 is 0 Å². The number of rotatable bonds is 2. The molecule has 4 heteroatoms. The van der Waals surface area contributed by atoms with Crippen molar-refractivity contribution in [1.29, 1.82) is 0 Å². The third kappa shape index (κ3) is 1.65. The summed E-state index contributed by atoms with van der Waals surface area (Å²) < 4.78 is 11.9. The van der Waals surface area contributed by atoms with Gasteiger partial charge in [-0.25, -0.2) is 4.39 Å². The molecule has 1 atom stereocenters. The SMILES string of the molecule is Oc1ccc(O)c(C(O)CF)c1. The largest absolute Gasteiger partial charge is 0.508 e. The lowest BCUT2D eigenvalue weighted by Crippen LogP contribution is -1.99. The van der Waals surface area contributed by atoms with Crippen LogP contribution < -0.4 is 0 Å². The van der Waals surface area contributed by atoms with Crippen LogP contribution in [0, 0.1) is 0 Å². The second-order valence-corrected chi connectivity index (χ2v) is 2.41. The Kier molecular flexibility index (Phi) is 2.50. The zero-order chi connectivity index (χ0) is 9.14. The topological polar surface area (TPSA) is 60.7 Å². The number of halogens is 1. The lowest BCUT2D eigenvalue weighted by Gasteiger charge is -2.08. The average molecular weight is 172 g/mol. The van der Waals surface area contributed by atoms with Gasteiger partial charge >= 0.3 is 0 Å². The first kappa shape index (κ1) is 8.80. The molecular weight excluding hydrogens is 163 g/mol. The summed E-state index contributed by atoms with van der Waals surface area (Å²) in [4.78, 5) is 0. The molecule has 0 aromatic heterocycles. The molecule has 0 saturated carbocycles. The summed E-state index contributed by atoms with van der Waals surface area (Å²) in [6.07, 6.45) is -1.38. The standard InChI is InChI=1S/C8H9FO3/c9-4-8(12)6-3-5(10)1-2-7(6)11/h1-3,8,10-12H,4H2. The second-order valence-electron chi connectivity index (χ2n) is 2.41. The van der Waals surface area contributed by atoms with E-state index in [0.29, 0.717) is 0 Å². The van der Waals surface area contributed by atoms with Crippen molar-refractivity contribution in [2.75, 3.05) is 6.67 Å². The van der Waals surface area contributed by atoms with E-state index in [1.54, 1.807) is 0 Å². The molecule has 0 radical (unpaired) electrons. The third-order valence-electron chi connectivity index (χ3n) is 1.52. The van der Waals surface area contributed by atoms with Crippen molar-refractivity contribution in [3.05, 3.63) is 23.8 Å². The minimum absolute atomic E-state index is 0.00231. The van der Waals surface area contributed by atoms with Gasteiger partial charge in [0.2, 0.25) is 0 Å². The monoisotopic (exact) mass is 172 g/mol. The Morgan fingerprint density at radius 2 is 2.00 bits per heavy atom. The van der Waals surface area contributed by atoms with Gasteiger partial charge < -0.3 is 15.3 Å². The summed E-state index contributed by atoms with van der Waals surface area (Å²) >= 11 is 0. The van der Waals surface area contributed by atoms with Gasteiger partial charge in [0.05, 0.1) is 0 Å². The third-order valence-corrected chi connectivity index (χ3v) is 1.52. The average Bonchev–Trinajstić information content (AvgIpc) is 2.08. The molecule has 0 heterocycles. The van der Waals surface area contributed by atoms with E-state index in [0.717, 1.165) is 6.07 Å². The molecule has 0 aliphatic heterocycles. The van der Waals surface area contributed by atoms with Crippen LogP contribution in [-0.4, -0.2) is 22.0 Å². The quantitative estimate of drug-likeness (QED) is 0.585. The highest BCUT2D eigenvalue weighted by atomic mass is 19.1. The number of hydrogen-bond donors (Lipinski definition) is 3. The van der Waals surface area contributed by atoms with E-state index in [9.17, 15) is 4.39 Å². The number of hydrogen-bond acceptors (Lipinski definition) is 3. The number of aliphatic hydroxyl groups excluding tert-OH is 1. The Bertz CT molecular complexity index is 275. The highest BCUT2D eigenvalue weighted by Gasteiger charge is 2.11. The van der Waals surface area contributed by atoms with Crippen LogP contribution in [0.3, 0.4) is 0 Å². The Balaban J connectivity index is 3.04. The molecular formula is C8H9FO3. The number of benzene rings is 1. The Morgan fingerprint density at radius 1 is 1.33 bits per heavy atom. The fourth-order valence-corrected chi connectivity index (χ4v) is 0.892. The van der Waals surface area contributed by atoms with Crippen molar-refractivity contribution in [3.8, 4) is 11.5 Å². The molecule has 3 nitrogen and oxygen atoms in total. The summed E-state index contributed by atoms with van der Waals surface area (Å²) in [6.45, 7) is -0.989. The van der Waals surface area contributed by atoms with Crippen molar-refractivity contribution >= 4 is 0 Å².